The molecule has 1 aliphatic heterocycles. The van der Waals surface area contributed by atoms with E-state index in [-0.39, 0.29) is 24.5 Å². The second-order valence-corrected chi connectivity index (χ2v) is 8.09. The van der Waals surface area contributed by atoms with Crippen molar-refractivity contribution >= 4 is 11.9 Å². The topological polar surface area (TPSA) is 74.3 Å². The average molecular weight is 476 g/mol. The van der Waals surface area contributed by atoms with Crippen LogP contribution in [0.3, 0.4) is 0 Å². The molecule has 0 unspecified atom stereocenters. The number of fused-ring (bicyclic) bond motifs is 1. The lowest BCUT2D eigenvalue weighted by molar-refractivity contribution is 0.0524. The van der Waals surface area contributed by atoms with E-state index in [1.165, 1.54) is 0 Å². The highest BCUT2D eigenvalue weighted by molar-refractivity contribution is 5.94. The summed E-state index contributed by atoms with van der Waals surface area (Å²) in [6.45, 7) is 2.87. The highest BCUT2D eigenvalue weighted by Crippen LogP contribution is 2.39. The van der Waals surface area contributed by atoms with Gasteiger partial charge < -0.3 is 23.8 Å². The molecule has 0 saturated carbocycles. The molecule has 4 rings (SSSR count). The molecule has 3 aromatic carbocycles. The van der Waals surface area contributed by atoms with Crippen molar-refractivity contribution in [2.75, 3.05) is 34.0 Å². The molecule has 7 heteroatoms. The van der Waals surface area contributed by atoms with Gasteiger partial charge in [-0.05, 0) is 73.0 Å². The van der Waals surface area contributed by atoms with Gasteiger partial charge in [0.2, 0.25) is 0 Å². The van der Waals surface area contributed by atoms with Crippen molar-refractivity contribution in [1.29, 1.82) is 0 Å². The van der Waals surface area contributed by atoms with E-state index in [0.717, 1.165) is 11.1 Å². The maximum absolute atomic E-state index is 13.5. The van der Waals surface area contributed by atoms with Gasteiger partial charge in [0, 0.05) is 12.1 Å². The fourth-order valence-corrected chi connectivity index (χ4v) is 4.27. The van der Waals surface area contributed by atoms with Gasteiger partial charge in [-0.3, -0.25) is 4.79 Å². The van der Waals surface area contributed by atoms with Crippen molar-refractivity contribution in [1.82, 2.24) is 4.90 Å². The van der Waals surface area contributed by atoms with Crippen LogP contribution in [-0.4, -0.2) is 50.8 Å². The molecule has 35 heavy (non-hydrogen) atoms. The third kappa shape index (κ3) is 5.24. The summed E-state index contributed by atoms with van der Waals surface area (Å²) >= 11 is 0. The number of carbonyl (C=O) groups is 2. The quantitative estimate of drug-likeness (QED) is 0.440. The van der Waals surface area contributed by atoms with Gasteiger partial charge >= 0.3 is 5.97 Å². The molecule has 0 bridgehead atoms. The minimum absolute atomic E-state index is 0.0581. The van der Waals surface area contributed by atoms with E-state index in [1.54, 1.807) is 45.4 Å². The lowest BCUT2D eigenvalue weighted by Gasteiger charge is -2.37. The zero-order chi connectivity index (χ0) is 24.8. The highest BCUT2D eigenvalue weighted by atomic mass is 16.5. The number of ether oxygens (including phenoxy) is 4. The molecule has 1 atom stereocenters. The molecule has 0 aromatic heterocycles. The second-order valence-electron chi connectivity index (χ2n) is 8.09. The van der Waals surface area contributed by atoms with Crippen molar-refractivity contribution in [3.63, 3.8) is 0 Å². The number of hydrogen-bond acceptors (Lipinski definition) is 6. The summed E-state index contributed by atoms with van der Waals surface area (Å²) in [7, 11) is 3.20. The van der Waals surface area contributed by atoms with Crippen molar-refractivity contribution in [3.05, 3.63) is 89.0 Å². The minimum Gasteiger partial charge on any atom is -0.493 e. The standard InChI is InChI=1S/C28H29NO6/c1-4-34-28(31)20-10-12-22(13-11-20)35-18-24-23-17-26(33-3)25(32-2)16-21(23)14-15-29(24)27(30)19-8-6-5-7-9-19/h5-13,16-17,24H,4,14-15,18H2,1-3H3/t24-/m0/s1. The van der Waals surface area contributed by atoms with Crippen LogP contribution in [0.25, 0.3) is 0 Å². The van der Waals surface area contributed by atoms with Crippen LogP contribution in [-0.2, 0) is 11.2 Å². The van der Waals surface area contributed by atoms with E-state index in [4.69, 9.17) is 18.9 Å². The van der Waals surface area contributed by atoms with E-state index in [9.17, 15) is 9.59 Å². The Hall–Kier alpha value is -4.00. The maximum Gasteiger partial charge on any atom is 0.338 e. The first-order valence-electron chi connectivity index (χ1n) is 11.6. The van der Waals surface area contributed by atoms with E-state index in [1.807, 2.05) is 47.4 Å². The normalized spacial score (nSPS) is 14.6. The molecule has 0 N–H and O–H groups in total. The number of carbonyl (C=O) groups excluding carboxylic acids is 2. The number of benzene rings is 3. The first kappa shape index (κ1) is 24.1. The number of rotatable bonds is 8. The van der Waals surface area contributed by atoms with Crippen LogP contribution in [0.1, 0.15) is 44.8 Å². The molecule has 0 fully saturated rings. The Kier molecular flexibility index (Phi) is 7.55. The van der Waals surface area contributed by atoms with Gasteiger partial charge in [-0.15, -0.1) is 0 Å². The van der Waals surface area contributed by atoms with Crippen molar-refractivity contribution in [2.24, 2.45) is 0 Å². The lowest BCUT2D eigenvalue weighted by Crippen LogP contribution is -2.42. The molecule has 182 valence electrons. The molecule has 7 nitrogen and oxygen atoms in total. The Balaban J connectivity index is 1.63. The molecule has 0 aliphatic carbocycles. The van der Waals surface area contributed by atoms with Gasteiger partial charge in [-0.1, -0.05) is 18.2 Å². The number of hydrogen-bond donors (Lipinski definition) is 0. The predicted molar refractivity (Wildman–Crippen MR) is 131 cm³/mol. The minimum atomic E-state index is -0.374. The first-order valence-corrected chi connectivity index (χ1v) is 11.6. The van der Waals surface area contributed by atoms with Crippen molar-refractivity contribution in [2.45, 2.75) is 19.4 Å². The average Bonchev–Trinajstić information content (AvgIpc) is 2.91. The van der Waals surface area contributed by atoms with Gasteiger partial charge in [0.05, 0.1) is 32.4 Å². The van der Waals surface area contributed by atoms with Crippen LogP contribution in [0.4, 0.5) is 0 Å². The maximum atomic E-state index is 13.5. The van der Waals surface area contributed by atoms with Crippen LogP contribution >= 0.6 is 0 Å². The van der Waals surface area contributed by atoms with E-state index in [0.29, 0.717) is 47.9 Å². The Morgan fingerprint density at radius 1 is 0.914 bits per heavy atom. The summed E-state index contributed by atoms with van der Waals surface area (Å²) in [5.74, 6) is 1.42. The second kappa shape index (κ2) is 11.0. The SMILES string of the molecule is CCOC(=O)c1ccc(OC[C@H]2c3cc(OC)c(OC)cc3CCN2C(=O)c2ccccc2)cc1. The fraction of sp³-hybridized carbons (Fsp3) is 0.286. The summed E-state index contributed by atoms with van der Waals surface area (Å²) in [5.41, 5.74) is 3.13. The van der Waals surface area contributed by atoms with Gasteiger partial charge in [0.15, 0.2) is 11.5 Å². The Morgan fingerprint density at radius 2 is 1.60 bits per heavy atom. The third-order valence-corrected chi connectivity index (χ3v) is 6.06. The van der Waals surface area contributed by atoms with Crippen molar-refractivity contribution in [3.8, 4) is 17.2 Å². The summed E-state index contributed by atoms with van der Waals surface area (Å²) < 4.78 is 22.2. The van der Waals surface area contributed by atoms with Crippen molar-refractivity contribution < 1.29 is 28.5 Å². The van der Waals surface area contributed by atoms with Crippen LogP contribution < -0.4 is 14.2 Å². The molecule has 1 amide bonds. The third-order valence-electron chi connectivity index (χ3n) is 6.06. The molecule has 3 aromatic rings. The first-order chi connectivity index (χ1) is 17.0. The zero-order valence-electron chi connectivity index (χ0n) is 20.2. The molecule has 0 spiro atoms. The fourth-order valence-electron chi connectivity index (χ4n) is 4.27. The number of esters is 1. The molecular formula is C28H29NO6. The molecule has 1 aliphatic rings. The molecule has 0 saturated heterocycles. The summed E-state index contributed by atoms with van der Waals surface area (Å²) in [6, 6.07) is 19.6. The Bertz CT molecular complexity index is 1180. The predicted octanol–water partition coefficient (Wildman–Crippen LogP) is 4.70. The monoisotopic (exact) mass is 475 g/mol. The van der Waals surface area contributed by atoms with Crippen LogP contribution in [0.5, 0.6) is 17.2 Å². The van der Waals surface area contributed by atoms with E-state index < -0.39 is 0 Å². The Morgan fingerprint density at radius 3 is 2.26 bits per heavy atom. The number of amides is 1. The number of nitrogens with zero attached hydrogens (tertiary/aromatic N) is 1. The smallest absolute Gasteiger partial charge is 0.338 e. The van der Waals surface area contributed by atoms with Gasteiger partial charge in [0.25, 0.3) is 5.91 Å². The molecule has 0 radical (unpaired) electrons. The van der Waals surface area contributed by atoms with E-state index >= 15 is 0 Å². The summed E-state index contributed by atoms with van der Waals surface area (Å²) in [4.78, 5) is 27.2. The number of methoxy groups -OCH3 is 2. The van der Waals surface area contributed by atoms with Gasteiger partial charge in [0.1, 0.15) is 12.4 Å². The lowest BCUT2D eigenvalue weighted by atomic mass is 9.91. The largest absolute Gasteiger partial charge is 0.493 e. The Labute approximate surface area is 205 Å². The van der Waals surface area contributed by atoms with Crippen LogP contribution in [0.2, 0.25) is 0 Å². The van der Waals surface area contributed by atoms with Crippen LogP contribution in [0, 0.1) is 0 Å². The molecular weight excluding hydrogens is 446 g/mol. The van der Waals surface area contributed by atoms with Gasteiger partial charge in [-0.2, -0.15) is 0 Å². The zero-order valence-corrected chi connectivity index (χ0v) is 20.2. The highest BCUT2D eigenvalue weighted by Gasteiger charge is 2.33. The summed E-state index contributed by atoms with van der Waals surface area (Å²) in [6.07, 6.45) is 0.693. The van der Waals surface area contributed by atoms with Crippen LogP contribution in [0.15, 0.2) is 66.7 Å². The van der Waals surface area contributed by atoms with E-state index in [2.05, 4.69) is 0 Å². The summed E-state index contributed by atoms with van der Waals surface area (Å²) in [5, 5.41) is 0. The molecule has 1 heterocycles. The van der Waals surface area contributed by atoms with Gasteiger partial charge in [-0.25, -0.2) is 4.79 Å².